The normalized spacial score (nSPS) is 25.5. The molecule has 6 nitrogen and oxygen atoms in total. The molecule has 1 aromatic heterocycles. The third kappa shape index (κ3) is 2.98. The number of aliphatic hydroxyl groups excluding tert-OH is 1. The van der Waals surface area contributed by atoms with Gasteiger partial charge in [-0.15, -0.1) is 0 Å². The maximum absolute atomic E-state index is 13.5. The molecule has 0 unspecified atom stereocenters. The number of aryl methyl sites for hydroxylation is 1. The van der Waals surface area contributed by atoms with Crippen LogP contribution in [-0.4, -0.2) is 74.8 Å². The SMILES string of the molecule is Cc1ccn(CC(=O)N2CC(N3CC(F)(F)C[C@H]3CO)C2)n1. The van der Waals surface area contributed by atoms with E-state index in [1.807, 2.05) is 13.0 Å². The fourth-order valence-electron chi connectivity index (χ4n) is 3.18. The van der Waals surface area contributed by atoms with Gasteiger partial charge in [0.15, 0.2) is 0 Å². The molecule has 3 heterocycles. The van der Waals surface area contributed by atoms with Gasteiger partial charge in [-0.1, -0.05) is 0 Å². The molecule has 0 bridgehead atoms. The minimum Gasteiger partial charge on any atom is -0.395 e. The summed E-state index contributed by atoms with van der Waals surface area (Å²) in [4.78, 5) is 15.4. The molecule has 1 N–H and O–H groups in total. The van der Waals surface area contributed by atoms with E-state index < -0.39 is 12.0 Å². The molecule has 8 heteroatoms. The Balaban J connectivity index is 1.52. The van der Waals surface area contributed by atoms with Crippen molar-refractivity contribution >= 4 is 5.91 Å². The lowest BCUT2D eigenvalue weighted by molar-refractivity contribution is -0.140. The highest BCUT2D eigenvalue weighted by Crippen LogP contribution is 2.35. The molecule has 0 saturated carbocycles. The van der Waals surface area contributed by atoms with E-state index in [-0.39, 0.29) is 38.1 Å². The fourth-order valence-corrected chi connectivity index (χ4v) is 3.18. The summed E-state index contributed by atoms with van der Waals surface area (Å²) in [5.74, 6) is -2.81. The quantitative estimate of drug-likeness (QED) is 0.856. The van der Waals surface area contributed by atoms with Gasteiger partial charge in [-0.3, -0.25) is 14.4 Å². The van der Waals surface area contributed by atoms with Crippen LogP contribution in [0.1, 0.15) is 12.1 Å². The first-order valence-corrected chi connectivity index (χ1v) is 7.40. The second-order valence-electron chi connectivity index (χ2n) is 6.18. The Labute approximate surface area is 127 Å². The van der Waals surface area contributed by atoms with Crippen molar-refractivity contribution in [3.8, 4) is 0 Å². The summed E-state index contributed by atoms with van der Waals surface area (Å²) < 4.78 is 28.5. The Kier molecular flexibility index (Phi) is 3.90. The van der Waals surface area contributed by atoms with Gasteiger partial charge < -0.3 is 10.0 Å². The van der Waals surface area contributed by atoms with Crippen molar-refractivity contribution in [3.63, 3.8) is 0 Å². The number of halogens is 2. The number of likely N-dealkylation sites (tertiary alicyclic amines) is 2. The second kappa shape index (κ2) is 5.58. The van der Waals surface area contributed by atoms with Gasteiger partial charge in [-0.2, -0.15) is 5.10 Å². The number of nitrogens with zero attached hydrogens (tertiary/aromatic N) is 4. The largest absolute Gasteiger partial charge is 0.395 e. The van der Waals surface area contributed by atoms with E-state index in [0.29, 0.717) is 13.1 Å². The standard InChI is InChI=1S/C14H20F2N4O2/c1-10-2-3-19(17-10)7-13(22)18-5-12(6-18)20-9-14(15,16)4-11(20)8-21/h2-3,11-12,21H,4-9H2,1H3/t11-/m0/s1. The lowest BCUT2D eigenvalue weighted by Gasteiger charge is -2.45. The Bertz CT molecular complexity index is 557. The number of alkyl halides is 2. The van der Waals surface area contributed by atoms with Crippen molar-refractivity contribution in [3.05, 3.63) is 18.0 Å². The van der Waals surface area contributed by atoms with Gasteiger partial charge in [0.1, 0.15) is 6.54 Å². The number of hydrogen-bond donors (Lipinski definition) is 1. The zero-order valence-electron chi connectivity index (χ0n) is 12.5. The molecule has 122 valence electrons. The molecule has 2 saturated heterocycles. The van der Waals surface area contributed by atoms with Gasteiger partial charge in [0, 0.05) is 37.8 Å². The van der Waals surface area contributed by atoms with Crippen molar-refractivity contribution < 1.29 is 18.7 Å². The molecular weight excluding hydrogens is 294 g/mol. The molecule has 2 aliphatic rings. The fraction of sp³-hybridized carbons (Fsp3) is 0.714. The number of amides is 1. The Morgan fingerprint density at radius 1 is 1.50 bits per heavy atom. The summed E-state index contributed by atoms with van der Waals surface area (Å²) >= 11 is 0. The summed E-state index contributed by atoms with van der Waals surface area (Å²) in [6.45, 7) is 2.29. The van der Waals surface area contributed by atoms with Crippen molar-refractivity contribution in [1.29, 1.82) is 0 Å². The summed E-state index contributed by atoms with van der Waals surface area (Å²) in [6.07, 6.45) is 1.44. The van der Waals surface area contributed by atoms with Crippen LogP contribution in [0, 0.1) is 6.92 Å². The van der Waals surface area contributed by atoms with Gasteiger partial charge in [0.2, 0.25) is 5.91 Å². The molecule has 1 atom stereocenters. The molecule has 1 aromatic rings. The zero-order chi connectivity index (χ0) is 15.9. The van der Waals surface area contributed by atoms with Crippen molar-refractivity contribution in [2.45, 2.75) is 37.9 Å². The average Bonchev–Trinajstić information content (AvgIpc) is 2.91. The Morgan fingerprint density at radius 2 is 2.23 bits per heavy atom. The number of aromatic nitrogens is 2. The van der Waals surface area contributed by atoms with E-state index >= 15 is 0 Å². The van der Waals surface area contributed by atoms with Crippen LogP contribution < -0.4 is 0 Å². The lowest BCUT2D eigenvalue weighted by Crippen LogP contribution is -2.63. The number of carbonyl (C=O) groups excluding carboxylic acids is 1. The molecule has 22 heavy (non-hydrogen) atoms. The summed E-state index contributed by atoms with van der Waals surface area (Å²) in [5, 5.41) is 13.4. The molecule has 2 aliphatic heterocycles. The molecule has 3 rings (SSSR count). The lowest BCUT2D eigenvalue weighted by atomic mass is 10.1. The van der Waals surface area contributed by atoms with Gasteiger partial charge in [0.05, 0.1) is 18.8 Å². The molecule has 0 spiro atoms. The monoisotopic (exact) mass is 314 g/mol. The highest BCUT2D eigenvalue weighted by molar-refractivity contribution is 5.76. The first-order valence-electron chi connectivity index (χ1n) is 7.40. The van der Waals surface area contributed by atoms with Crippen molar-refractivity contribution in [2.75, 3.05) is 26.2 Å². The van der Waals surface area contributed by atoms with Crippen LogP contribution >= 0.6 is 0 Å². The van der Waals surface area contributed by atoms with Crippen LogP contribution in [0.15, 0.2) is 12.3 Å². The molecule has 0 aliphatic carbocycles. The second-order valence-corrected chi connectivity index (χ2v) is 6.18. The van der Waals surface area contributed by atoms with E-state index in [4.69, 9.17) is 0 Å². The molecule has 0 radical (unpaired) electrons. The third-order valence-corrected chi connectivity index (χ3v) is 4.38. The third-order valence-electron chi connectivity index (χ3n) is 4.38. The molecular formula is C14H20F2N4O2. The topological polar surface area (TPSA) is 61.6 Å². The maximum Gasteiger partial charge on any atom is 0.262 e. The molecule has 0 aromatic carbocycles. The van der Waals surface area contributed by atoms with E-state index in [1.165, 1.54) is 0 Å². The van der Waals surface area contributed by atoms with Gasteiger partial charge in [0.25, 0.3) is 5.92 Å². The highest BCUT2D eigenvalue weighted by Gasteiger charge is 2.49. The van der Waals surface area contributed by atoms with Gasteiger partial charge in [-0.05, 0) is 13.0 Å². The summed E-state index contributed by atoms with van der Waals surface area (Å²) in [5.41, 5.74) is 0.847. The summed E-state index contributed by atoms with van der Waals surface area (Å²) in [7, 11) is 0. The van der Waals surface area contributed by atoms with Crippen LogP contribution in [0.5, 0.6) is 0 Å². The van der Waals surface area contributed by atoms with Crippen molar-refractivity contribution in [1.82, 2.24) is 19.6 Å². The number of hydrogen-bond acceptors (Lipinski definition) is 4. The summed E-state index contributed by atoms with van der Waals surface area (Å²) in [6, 6.07) is 1.23. The van der Waals surface area contributed by atoms with E-state index in [0.717, 1.165) is 5.69 Å². The number of carbonyl (C=O) groups is 1. The van der Waals surface area contributed by atoms with Crippen LogP contribution in [0.25, 0.3) is 0 Å². The van der Waals surface area contributed by atoms with Gasteiger partial charge >= 0.3 is 0 Å². The number of rotatable bonds is 4. The first-order chi connectivity index (χ1) is 10.4. The zero-order valence-corrected chi connectivity index (χ0v) is 12.5. The predicted octanol–water partition coefficient (Wildman–Crippen LogP) is 0.104. The van der Waals surface area contributed by atoms with Crippen LogP contribution in [-0.2, 0) is 11.3 Å². The number of aliphatic hydroxyl groups is 1. The predicted molar refractivity (Wildman–Crippen MR) is 74.5 cm³/mol. The van der Waals surface area contributed by atoms with E-state index in [2.05, 4.69) is 5.10 Å². The smallest absolute Gasteiger partial charge is 0.262 e. The first kappa shape index (κ1) is 15.4. The van der Waals surface area contributed by atoms with Crippen molar-refractivity contribution in [2.24, 2.45) is 0 Å². The Hall–Kier alpha value is -1.54. The molecule has 2 fully saturated rings. The van der Waals surface area contributed by atoms with E-state index in [1.54, 1.807) is 20.7 Å². The Morgan fingerprint density at radius 3 is 2.82 bits per heavy atom. The van der Waals surface area contributed by atoms with Gasteiger partial charge in [-0.25, -0.2) is 8.78 Å². The highest BCUT2D eigenvalue weighted by atomic mass is 19.3. The maximum atomic E-state index is 13.5. The van der Waals surface area contributed by atoms with Crippen LogP contribution in [0.2, 0.25) is 0 Å². The van der Waals surface area contributed by atoms with E-state index in [9.17, 15) is 18.7 Å². The van der Waals surface area contributed by atoms with Crippen LogP contribution in [0.4, 0.5) is 8.78 Å². The average molecular weight is 314 g/mol. The molecule has 1 amide bonds. The minimum absolute atomic E-state index is 0.0640. The minimum atomic E-state index is -2.75. The van der Waals surface area contributed by atoms with Crippen LogP contribution in [0.3, 0.4) is 0 Å².